The number of benzene rings is 1. The highest BCUT2D eigenvalue weighted by atomic mass is 15.1. The van der Waals surface area contributed by atoms with Crippen LogP contribution >= 0.6 is 0 Å². The van der Waals surface area contributed by atoms with E-state index in [0.29, 0.717) is 0 Å². The van der Waals surface area contributed by atoms with E-state index in [1.807, 2.05) is 0 Å². The molecule has 2 nitrogen and oxygen atoms in total. The second kappa shape index (κ2) is 3.77. The number of hydrogen-bond acceptors (Lipinski definition) is 2. The zero-order valence-electron chi connectivity index (χ0n) is 10.8. The third-order valence-electron chi connectivity index (χ3n) is 3.36. The van der Waals surface area contributed by atoms with Gasteiger partial charge >= 0.3 is 0 Å². The molecule has 0 aromatic heterocycles. The quantitative estimate of drug-likeness (QED) is 0.678. The van der Waals surface area contributed by atoms with E-state index in [2.05, 4.69) is 44.9 Å². The summed E-state index contributed by atoms with van der Waals surface area (Å²) < 4.78 is 0. The van der Waals surface area contributed by atoms with E-state index in [0.717, 1.165) is 25.2 Å². The summed E-state index contributed by atoms with van der Waals surface area (Å²) in [6, 6.07) is 4.30. The maximum absolute atomic E-state index is 6.01. The largest absolute Gasteiger partial charge is 0.399 e. The van der Waals surface area contributed by atoms with Crippen LogP contribution in [0.5, 0.6) is 0 Å². The van der Waals surface area contributed by atoms with Crippen molar-refractivity contribution in [3.05, 3.63) is 28.8 Å². The molecule has 0 saturated heterocycles. The number of anilines is 1. The lowest BCUT2D eigenvalue weighted by Crippen LogP contribution is -2.29. The Morgan fingerprint density at radius 2 is 1.94 bits per heavy atom. The number of likely N-dealkylation sites (N-methyl/N-ethyl adjacent to an activating group) is 1. The van der Waals surface area contributed by atoms with E-state index in [9.17, 15) is 0 Å². The molecule has 0 fully saturated rings. The minimum absolute atomic E-state index is 0.190. The lowest BCUT2D eigenvalue weighted by molar-refractivity contribution is 0.311. The Balaban J connectivity index is 2.54. The average Bonchev–Trinajstić information content (AvgIpc) is 2.14. The first kappa shape index (κ1) is 11.5. The van der Waals surface area contributed by atoms with Crippen molar-refractivity contribution < 1.29 is 0 Å². The molecule has 1 heterocycles. The molecule has 0 atom stereocenters. The Kier molecular flexibility index (Phi) is 2.70. The fourth-order valence-corrected chi connectivity index (χ4v) is 2.53. The van der Waals surface area contributed by atoms with Crippen LogP contribution in [0.2, 0.25) is 0 Å². The summed E-state index contributed by atoms with van der Waals surface area (Å²) in [4.78, 5) is 2.36. The number of nitrogens with zero attached hydrogens (tertiary/aromatic N) is 1. The lowest BCUT2D eigenvalue weighted by Gasteiger charge is -2.31. The average molecular weight is 218 g/mol. The first-order valence-electron chi connectivity index (χ1n) is 5.98. The second-order valence-electron chi connectivity index (χ2n) is 5.94. The van der Waals surface area contributed by atoms with Gasteiger partial charge in [0.25, 0.3) is 0 Å². The molecule has 0 saturated carbocycles. The molecule has 0 aliphatic carbocycles. The summed E-state index contributed by atoms with van der Waals surface area (Å²) in [5.74, 6) is 0. The van der Waals surface area contributed by atoms with Crippen molar-refractivity contribution in [3.8, 4) is 0 Å². The fourth-order valence-electron chi connectivity index (χ4n) is 2.53. The lowest BCUT2D eigenvalue weighted by atomic mass is 9.80. The van der Waals surface area contributed by atoms with Crippen molar-refractivity contribution >= 4 is 5.69 Å². The van der Waals surface area contributed by atoms with Crippen molar-refractivity contribution in [3.63, 3.8) is 0 Å². The molecule has 2 N–H and O–H groups in total. The molecular formula is C14H22N2. The molecule has 1 aromatic rings. The standard InChI is InChI=1S/C14H22N2/c1-14(2,3)13-8-11(15)7-10-9-16(4)6-5-12(10)13/h7-8H,5-6,9,15H2,1-4H3. The van der Waals surface area contributed by atoms with Crippen LogP contribution in [-0.2, 0) is 18.4 Å². The van der Waals surface area contributed by atoms with Crippen molar-refractivity contribution in [1.82, 2.24) is 4.90 Å². The molecule has 1 aromatic carbocycles. The summed E-state index contributed by atoms with van der Waals surface area (Å²) in [6.07, 6.45) is 1.15. The van der Waals surface area contributed by atoms with Crippen molar-refractivity contribution in [2.45, 2.75) is 39.2 Å². The Morgan fingerprint density at radius 1 is 1.25 bits per heavy atom. The minimum atomic E-state index is 0.190. The third-order valence-corrected chi connectivity index (χ3v) is 3.36. The van der Waals surface area contributed by atoms with Crippen LogP contribution in [0.15, 0.2) is 12.1 Å². The van der Waals surface area contributed by atoms with Gasteiger partial charge in [-0.3, -0.25) is 0 Å². The molecular weight excluding hydrogens is 196 g/mol. The second-order valence-corrected chi connectivity index (χ2v) is 5.94. The number of hydrogen-bond donors (Lipinski definition) is 1. The normalized spacial score (nSPS) is 17.2. The van der Waals surface area contributed by atoms with E-state index in [1.54, 1.807) is 0 Å². The van der Waals surface area contributed by atoms with Gasteiger partial charge in [0.15, 0.2) is 0 Å². The molecule has 0 unspecified atom stereocenters. The summed E-state index contributed by atoms with van der Waals surface area (Å²) in [6.45, 7) is 8.98. The van der Waals surface area contributed by atoms with E-state index >= 15 is 0 Å². The molecule has 16 heavy (non-hydrogen) atoms. The summed E-state index contributed by atoms with van der Waals surface area (Å²) in [7, 11) is 2.17. The van der Waals surface area contributed by atoms with Gasteiger partial charge in [0.1, 0.15) is 0 Å². The van der Waals surface area contributed by atoms with Gasteiger partial charge in [-0.1, -0.05) is 20.8 Å². The Bertz CT molecular complexity index is 402. The molecule has 0 amide bonds. The van der Waals surface area contributed by atoms with Gasteiger partial charge in [-0.15, -0.1) is 0 Å². The van der Waals surface area contributed by atoms with Gasteiger partial charge < -0.3 is 10.6 Å². The predicted octanol–water partition coefficient (Wildman–Crippen LogP) is 2.55. The third kappa shape index (κ3) is 2.07. The van der Waals surface area contributed by atoms with Crippen LogP contribution < -0.4 is 5.73 Å². The predicted molar refractivity (Wildman–Crippen MR) is 69.6 cm³/mol. The van der Waals surface area contributed by atoms with Gasteiger partial charge in [-0.05, 0) is 47.7 Å². The van der Waals surface area contributed by atoms with Crippen molar-refractivity contribution in [1.29, 1.82) is 0 Å². The molecule has 2 heteroatoms. The smallest absolute Gasteiger partial charge is 0.0320 e. The van der Waals surface area contributed by atoms with Gasteiger partial charge in [0.2, 0.25) is 0 Å². The van der Waals surface area contributed by atoms with Gasteiger partial charge in [0.05, 0.1) is 0 Å². The van der Waals surface area contributed by atoms with E-state index in [-0.39, 0.29) is 5.41 Å². The summed E-state index contributed by atoms with van der Waals surface area (Å²) in [5.41, 5.74) is 11.5. The summed E-state index contributed by atoms with van der Waals surface area (Å²) >= 11 is 0. The SMILES string of the molecule is CN1CCc2c(cc(N)cc2C(C)(C)C)C1. The van der Waals surface area contributed by atoms with Gasteiger partial charge in [-0.25, -0.2) is 0 Å². The molecule has 88 valence electrons. The number of nitrogens with two attached hydrogens (primary N) is 1. The highest BCUT2D eigenvalue weighted by molar-refractivity contribution is 5.52. The zero-order valence-corrected chi connectivity index (χ0v) is 10.8. The van der Waals surface area contributed by atoms with Crippen molar-refractivity contribution in [2.24, 2.45) is 0 Å². The molecule has 0 spiro atoms. The zero-order chi connectivity index (χ0) is 11.9. The number of nitrogen functional groups attached to an aromatic ring is 1. The van der Waals surface area contributed by atoms with Crippen LogP contribution in [0.4, 0.5) is 5.69 Å². The van der Waals surface area contributed by atoms with E-state index < -0.39 is 0 Å². The van der Waals surface area contributed by atoms with Crippen LogP contribution in [0.3, 0.4) is 0 Å². The Labute approximate surface area is 98.4 Å². The van der Waals surface area contributed by atoms with Crippen LogP contribution in [-0.4, -0.2) is 18.5 Å². The summed E-state index contributed by atoms with van der Waals surface area (Å²) in [5, 5.41) is 0. The fraction of sp³-hybridized carbons (Fsp3) is 0.571. The van der Waals surface area contributed by atoms with E-state index in [1.165, 1.54) is 16.7 Å². The van der Waals surface area contributed by atoms with E-state index in [4.69, 9.17) is 5.73 Å². The maximum Gasteiger partial charge on any atom is 0.0320 e. The van der Waals surface area contributed by atoms with Crippen molar-refractivity contribution in [2.75, 3.05) is 19.3 Å². The van der Waals surface area contributed by atoms with Crippen LogP contribution in [0.1, 0.15) is 37.5 Å². The topological polar surface area (TPSA) is 29.3 Å². The molecule has 0 radical (unpaired) electrons. The minimum Gasteiger partial charge on any atom is -0.399 e. The molecule has 0 bridgehead atoms. The monoisotopic (exact) mass is 218 g/mol. The first-order valence-corrected chi connectivity index (χ1v) is 5.98. The van der Waals surface area contributed by atoms with Gasteiger partial charge in [-0.2, -0.15) is 0 Å². The highest BCUT2D eigenvalue weighted by Gasteiger charge is 2.23. The Hall–Kier alpha value is -1.02. The number of fused-ring (bicyclic) bond motifs is 1. The maximum atomic E-state index is 6.01. The van der Waals surface area contributed by atoms with Crippen LogP contribution in [0, 0.1) is 0 Å². The van der Waals surface area contributed by atoms with Crippen LogP contribution in [0.25, 0.3) is 0 Å². The first-order chi connectivity index (χ1) is 7.38. The number of rotatable bonds is 0. The molecule has 2 rings (SSSR count). The molecule has 1 aliphatic heterocycles. The Morgan fingerprint density at radius 3 is 2.56 bits per heavy atom. The molecule has 1 aliphatic rings. The highest BCUT2D eigenvalue weighted by Crippen LogP contribution is 2.33. The van der Waals surface area contributed by atoms with Gasteiger partial charge in [0, 0.05) is 18.8 Å².